The van der Waals surface area contributed by atoms with Crippen molar-refractivity contribution in [3.8, 4) is 0 Å². The number of benzene rings is 1. The molecule has 0 bridgehead atoms. The first kappa shape index (κ1) is 15.6. The Morgan fingerprint density at radius 3 is 3.12 bits per heavy atom. The van der Waals surface area contributed by atoms with Gasteiger partial charge in [0.15, 0.2) is 0 Å². The molecule has 0 saturated carbocycles. The molecule has 1 atom stereocenters. The van der Waals surface area contributed by atoms with Gasteiger partial charge in [-0.1, -0.05) is 29.8 Å². The lowest BCUT2D eigenvalue weighted by Gasteiger charge is -2.26. The molecule has 5 nitrogen and oxygen atoms in total. The van der Waals surface area contributed by atoms with Gasteiger partial charge in [-0.2, -0.15) is 0 Å². The fourth-order valence-electron chi connectivity index (χ4n) is 3.10. The van der Waals surface area contributed by atoms with Gasteiger partial charge in [-0.25, -0.2) is 4.98 Å². The Morgan fingerprint density at radius 2 is 2.29 bits per heavy atom. The minimum atomic E-state index is -0.391. The first-order valence-corrected chi connectivity index (χ1v) is 9.01. The number of carbonyl (C=O) groups is 1. The predicted molar refractivity (Wildman–Crippen MR) is 96.3 cm³/mol. The first-order chi connectivity index (χ1) is 11.6. The third-order valence-electron chi connectivity index (χ3n) is 4.35. The lowest BCUT2D eigenvalue weighted by Crippen LogP contribution is -2.42. The summed E-state index contributed by atoms with van der Waals surface area (Å²) >= 11 is 8.13. The molecule has 2 N–H and O–H groups in total. The van der Waals surface area contributed by atoms with E-state index in [0.29, 0.717) is 6.54 Å². The number of nitrogens with zero attached hydrogens (tertiary/aromatic N) is 2. The van der Waals surface area contributed by atoms with Gasteiger partial charge in [0.1, 0.15) is 6.04 Å². The number of halogens is 1. The van der Waals surface area contributed by atoms with Crippen LogP contribution in [-0.2, 0) is 17.8 Å². The van der Waals surface area contributed by atoms with Gasteiger partial charge in [0.2, 0.25) is 5.91 Å². The molecule has 1 aliphatic rings. The Hall–Kier alpha value is -1.89. The molecule has 124 valence electrons. The topological polar surface area (TPSA) is 61.0 Å². The largest absolute Gasteiger partial charge is 0.348 e. The van der Waals surface area contributed by atoms with Crippen LogP contribution in [0.5, 0.6) is 0 Å². The van der Waals surface area contributed by atoms with Crippen molar-refractivity contribution in [2.45, 2.75) is 19.0 Å². The molecule has 3 heterocycles. The molecule has 24 heavy (non-hydrogen) atoms. The maximum atomic E-state index is 12.9. The number of thiophene rings is 1. The third-order valence-corrected chi connectivity index (χ3v) is 6.05. The number of rotatable bonds is 3. The van der Waals surface area contributed by atoms with Crippen LogP contribution in [0.4, 0.5) is 0 Å². The average molecular weight is 361 g/mol. The number of aromatic nitrogens is 2. The smallest absolute Gasteiger partial charge is 0.246 e. The quantitative estimate of drug-likeness (QED) is 0.754. The molecule has 1 amide bonds. The summed E-state index contributed by atoms with van der Waals surface area (Å²) in [7, 11) is 1.81. The Morgan fingerprint density at radius 1 is 1.46 bits per heavy atom. The summed E-state index contributed by atoms with van der Waals surface area (Å²) in [6, 6.07) is 7.65. The van der Waals surface area contributed by atoms with Crippen LogP contribution >= 0.6 is 22.9 Å². The Bertz CT molecular complexity index is 903. The molecule has 4 rings (SSSR count). The van der Waals surface area contributed by atoms with Gasteiger partial charge in [0.25, 0.3) is 0 Å². The van der Waals surface area contributed by atoms with E-state index in [1.807, 2.05) is 25.2 Å². The number of fused-ring (bicyclic) bond motifs is 2. The van der Waals surface area contributed by atoms with Gasteiger partial charge in [-0.05, 0) is 6.07 Å². The lowest BCUT2D eigenvalue weighted by molar-refractivity contribution is -0.133. The minimum Gasteiger partial charge on any atom is -0.348 e. The Kier molecular flexibility index (Phi) is 4.04. The molecule has 0 unspecified atom stereocenters. The molecule has 0 aliphatic carbocycles. The van der Waals surface area contributed by atoms with Gasteiger partial charge in [-0.15, -0.1) is 11.3 Å². The van der Waals surface area contributed by atoms with Crippen molar-refractivity contribution in [3.05, 3.63) is 51.9 Å². The molecule has 1 aromatic carbocycles. The molecule has 0 radical (unpaired) electrons. The molecule has 0 spiro atoms. The van der Waals surface area contributed by atoms with E-state index in [1.165, 1.54) is 0 Å². The highest BCUT2D eigenvalue weighted by Crippen LogP contribution is 2.36. The van der Waals surface area contributed by atoms with Crippen molar-refractivity contribution in [2.24, 2.45) is 0 Å². The fourth-order valence-corrected chi connectivity index (χ4v) is 4.65. The summed E-state index contributed by atoms with van der Waals surface area (Å²) < 4.78 is 1.14. The van der Waals surface area contributed by atoms with Gasteiger partial charge in [0.05, 0.1) is 23.6 Å². The van der Waals surface area contributed by atoms with Gasteiger partial charge in [-0.3, -0.25) is 4.79 Å². The maximum absolute atomic E-state index is 12.9. The average Bonchev–Trinajstić information content (AvgIpc) is 3.19. The number of hydrogen-bond donors (Lipinski definition) is 2. The summed E-state index contributed by atoms with van der Waals surface area (Å²) in [6.07, 6.45) is 2.52. The van der Waals surface area contributed by atoms with E-state index in [0.717, 1.165) is 44.3 Å². The van der Waals surface area contributed by atoms with Crippen molar-refractivity contribution in [1.29, 1.82) is 0 Å². The summed E-state index contributed by atoms with van der Waals surface area (Å²) in [5.74, 6) is 0.0107. The van der Waals surface area contributed by atoms with Crippen LogP contribution in [0, 0.1) is 0 Å². The van der Waals surface area contributed by atoms with E-state index in [-0.39, 0.29) is 5.91 Å². The van der Waals surface area contributed by atoms with Crippen LogP contribution in [0.25, 0.3) is 10.1 Å². The van der Waals surface area contributed by atoms with E-state index in [2.05, 4.69) is 21.4 Å². The molecule has 3 aromatic rings. The van der Waals surface area contributed by atoms with E-state index in [4.69, 9.17) is 11.6 Å². The normalized spacial score (nSPS) is 17.0. The second kappa shape index (κ2) is 6.20. The number of hydrogen-bond acceptors (Lipinski definition) is 4. The van der Waals surface area contributed by atoms with E-state index >= 15 is 0 Å². The van der Waals surface area contributed by atoms with Gasteiger partial charge < -0.3 is 15.2 Å². The highest BCUT2D eigenvalue weighted by atomic mass is 35.5. The predicted octanol–water partition coefficient (Wildman–Crippen LogP) is 3.12. The van der Waals surface area contributed by atoms with Crippen LogP contribution in [0.15, 0.2) is 30.6 Å². The van der Waals surface area contributed by atoms with Gasteiger partial charge >= 0.3 is 0 Å². The monoisotopic (exact) mass is 360 g/mol. The van der Waals surface area contributed by atoms with Crippen molar-refractivity contribution in [2.75, 3.05) is 13.6 Å². The SMILES string of the molecule is CN(Cc1sc2ccccc2c1Cl)C(=O)[C@H]1NCCc2[nH]cnc21. The van der Waals surface area contributed by atoms with E-state index < -0.39 is 6.04 Å². The number of nitrogens with one attached hydrogen (secondary N) is 2. The first-order valence-electron chi connectivity index (χ1n) is 7.81. The van der Waals surface area contributed by atoms with Crippen LogP contribution in [-0.4, -0.2) is 34.4 Å². The highest BCUT2D eigenvalue weighted by molar-refractivity contribution is 7.19. The minimum absolute atomic E-state index is 0.0107. The highest BCUT2D eigenvalue weighted by Gasteiger charge is 2.31. The third kappa shape index (κ3) is 2.60. The fraction of sp³-hybridized carbons (Fsp3) is 0.294. The molecule has 2 aromatic heterocycles. The molecular formula is C17H17ClN4OS. The molecular weight excluding hydrogens is 344 g/mol. The zero-order valence-electron chi connectivity index (χ0n) is 13.2. The van der Waals surface area contributed by atoms with E-state index in [9.17, 15) is 4.79 Å². The van der Waals surface area contributed by atoms with Crippen LogP contribution in [0.1, 0.15) is 22.3 Å². The number of H-pyrrole nitrogens is 1. The van der Waals surface area contributed by atoms with Crippen LogP contribution < -0.4 is 5.32 Å². The Labute approximate surface area is 148 Å². The standard InChI is InChI=1S/C17H17ClN4OS/c1-22(8-13-14(18)10-4-2-3-5-12(10)24-13)17(23)16-15-11(6-7-19-16)20-9-21-15/h2-5,9,16,19H,6-8H2,1H3,(H,20,21)/t16-/m0/s1. The summed E-state index contributed by atoms with van der Waals surface area (Å²) in [6.45, 7) is 1.26. The number of imidazole rings is 1. The lowest BCUT2D eigenvalue weighted by atomic mass is 10.0. The number of amides is 1. The Balaban J connectivity index is 1.57. The van der Waals surface area contributed by atoms with Crippen LogP contribution in [0.2, 0.25) is 5.02 Å². The van der Waals surface area contributed by atoms with Crippen molar-refractivity contribution in [1.82, 2.24) is 20.2 Å². The second-order valence-corrected chi connectivity index (χ2v) is 7.45. The zero-order valence-corrected chi connectivity index (χ0v) is 14.7. The second-order valence-electron chi connectivity index (χ2n) is 5.93. The maximum Gasteiger partial charge on any atom is 0.246 e. The van der Waals surface area contributed by atoms with E-state index in [1.54, 1.807) is 22.6 Å². The number of aromatic amines is 1. The molecule has 7 heteroatoms. The molecule has 0 saturated heterocycles. The summed E-state index contributed by atoms with van der Waals surface area (Å²) in [5, 5.41) is 5.06. The van der Waals surface area contributed by atoms with Crippen molar-refractivity contribution >= 4 is 38.9 Å². The van der Waals surface area contributed by atoms with Crippen molar-refractivity contribution in [3.63, 3.8) is 0 Å². The molecule has 1 aliphatic heterocycles. The summed E-state index contributed by atoms with van der Waals surface area (Å²) in [5.41, 5.74) is 1.85. The van der Waals surface area contributed by atoms with Crippen LogP contribution in [0.3, 0.4) is 0 Å². The van der Waals surface area contributed by atoms with Crippen molar-refractivity contribution < 1.29 is 4.79 Å². The summed E-state index contributed by atoms with van der Waals surface area (Å²) in [4.78, 5) is 23.0. The molecule has 0 fully saturated rings. The zero-order chi connectivity index (χ0) is 16.7. The van der Waals surface area contributed by atoms with Gasteiger partial charge in [0, 0.05) is 40.7 Å². The number of carbonyl (C=O) groups excluding carboxylic acids is 1. The number of likely N-dealkylation sites (N-methyl/N-ethyl adjacent to an activating group) is 1.